The first-order valence-corrected chi connectivity index (χ1v) is 7.59. The standard InChI is InChI=1S/C15H21ClN2O/c16-13-4-5-14(17-9-13)11-18-8-7-15(19)6-2-1-3-12(15)10-18/h4-5,9,12,19H,1-3,6-8,10-11H2. The minimum Gasteiger partial charge on any atom is -0.390 e. The van der Waals surface area contributed by atoms with Crippen molar-refractivity contribution in [3.05, 3.63) is 29.0 Å². The van der Waals surface area contributed by atoms with E-state index in [9.17, 15) is 5.11 Å². The van der Waals surface area contributed by atoms with Crippen LogP contribution in [0, 0.1) is 5.92 Å². The van der Waals surface area contributed by atoms with Gasteiger partial charge in [0.15, 0.2) is 0 Å². The molecule has 0 aromatic carbocycles. The van der Waals surface area contributed by atoms with Crippen LogP contribution in [0.1, 0.15) is 37.8 Å². The Hall–Kier alpha value is -0.640. The Labute approximate surface area is 119 Å². The molecule has 0 radical (unpaired) electrons. The molecule has 1 N–H and O–H groups in total. The van der Waals surface area contributed by atoms with Crippen molar-refractivity contribution in [2.24, 2.45) is 5.92 Å². The minimum atomic E-state index is -0.387. The summed E-state index contributed by atoms with van der Waals surface area (Å²) >= 11 is 5.85. The number of pyridine rings is 1. The molecule has 1 aromatic heterocycles. The van der Waals surface area contributed by atoms with Crippen LogP contribution in [0.2, 0.25) is 5.02 Å². The maximum absolute atomic E-state index is 10.7. The Balaban J connectivity index is 1.63. The molecule has 19 heavy (non-hydrogen) atoms. The number of hydrogen-bond donors (Lipinski definition) is 1. The summed E-state index contributed by atoms with van der Waals surface area (Å²) in [5.74, 6) is 0.447. The van der Waals surface area contributed by atoms with Gasteiger partial charge in [0, 0.05) is 31.7 Å². The zero-order valence-corrected chi connectivity index (χ0v) is 11.9. The molecule has 1 aromatic rings. The molecule has 2 aliphatic rings. The molecular weight excluding hydrogens is 260 g/mol. The first-order chi connectivity index (χ1) is 9.16. The van der Waals surface area contributed by atoms with Gasteiger partial charge in [0.1, 0.15) is 0 Å². The van der Waals surface area contributed by atoms with Gasteiger partial charge in [0.05, 0.1) is 16.3 Å². The summed E-state index contributed by atoms with van der Waals surface area (Å²) in [6.45, 7) is 2.84. The molecule has 104 valence electrons. The second-order valence-corrected chi connectivity index (χ2v) is 6.44. The highest BCUT2D eigenvalue weighted by molar-refractivity contribution is 6.30. The maximum atomic E-state index is 10.7. The van der Waals surface area contributed by atoms with Crippen LogP contribution in [0.4, 0.5) is 0 Å². The van der Waals surface area contributed by atoms with Crippen molar-refractivity contribution in [2.75, 3.05) is 13.1 Å². The monoisotopic (exact) mass is 280 g/mol. The van der Waals surface area contributed by atoms with E-state index < -0.39 is 0 Å². The number of fused-ring (bicyclic) bond motifs is 1. The number of hydrogen-bond acceptors (Lipinski definition) is 3. The van der Waals surface area contributed by atoms with Crippen LogP contribution in [0.25, 0.3) is 0 Å². The number of piperidine rings is 1. The molecule has 0 spiro atoms. The molecule has 2 unspecified atom stereocenters. The molecule has 3 rings (SSSR count). The predicted octanol–water partition coefficient (Wildman–Crippen LogP) is 2.86. The summed E-state index contributed by atoms with van der Waals surface area (Å²) in [6.07, 6.45) is 7.22. The minimum absolute atomic E-state index is 0.387. The zero-order valence-electron chi connectivity index (χ0n) is 11.2. The average Bonchev–Trinajstić information content (AvgIpc) is 2.41. The summed E-state index contributed by atoms with van der Waals surface area (Å²) < 4.78 is 0. The Bertz CT molecular complexity index is 436. The van der Waals surface area contributed by atoms with Gasteiger partial charge >= 0.3 is 0 Å². The zero-order chi connectivity index (χ0) is 13.3. The first-order valence-electron chi connectivity index (χ1n) is 7.21. The topological polar surface area (TPSA) is 36.4 Å². The summed E-state index contributed by atoms with van der Waals surface area (Å²) in [7, 11) is 0. The van der Waals surface area contributed by atoms with E-state index in [0.29, 0.717) is 10.9 Å². The van der Waals surface area contributed by atoms with Crippen molar-refractivity contribution >= 4 is 11.6 Å². The molecule has 2 heterocycles. The van der Waals surface area contributed by atoms with Gasteiger partial charge in [-0.05, 0) is 31.4 Å². The third-order valence-electron chi connectivity index (χ3n) is 4.69. The Morgan fingerprint density at radius 2 is 2.26 bits per heavy atom. The molecule has 0 amide bonds. The van der Waals surface area contributed by atoms with E-state index in [4.69, 9.17) is 11.6 Å². The number of aliphatic hydroxyl groups is 1. The molecule has 3 nitrogen and oxygen atoms in total. The van der Waals surface area contributed by atoms with Crippen LogP contribution in [-0.2, 0) is 6.54 Å². The van der Waals surface area contributed by atoms with Crippen LogP contribution in [0.15, 0.2) is 18.3 Å². The number of halogens is 1. The van der Waals surface area contributed by atoms with E-state index in [1.54, 1.807) is 6.20 Å². The van der Waals surface area contributed by atoms with Gasteiger partial charge in [-0.1, -0.05) is 24.4 Å². The molecule has 4 heteroatoms. The van der Waals surface area contributed by atoms with Gasteiger partial charge in [-0.3, -0.25) is 9.88 Å². The van der Waals surface area contributed by atoms with Gasteiger partial charge in [-0.2, -0.15) is 0 Å². The van der Waals surface area contributed by atoms with Crippen LogP contribution in [0.3, 0.4) is 0 Å². The molecular formula is C15H21ClN2O. The van der Waals surface area contributed by atoms with E-state index in [2.05, 4.69) is 9.88 Å². The molecule has 1 aliphatic heterocycles. The SMILES string of the molecule is OC12CCCCC1CN(Cc1ccc(Cl)cn1)CC2. The average molecular weight is 281 g/mol. The van der Waals surface area contributed by atoms with Crippen molar-refractivity contribution in [3.63, 3.8) is 0 Å². The summed E-state index contributed by atoms with van der Waals surface area (Å²) in [4.78, 5) is 6.77. The molecule has 1 saturated carbocycles. The van der Waals surface area contributed by atoms with Crippen molar-refractivity contribution in [1.82, 2.24) is 9.88 Å². The Kier molecular flexibility index (Phi) is 3.79. The lowest BCUT2D eigenvalue weighted by Gasteiger charge is -2.47. The number of aromatic nitrogens is 1. The Morgan fingerprint density at radius 3 is 3.05 bits per heavy atom. The van der Waals surface area contributed by atoms with Crippen molar-refractivity contribution in [2.45, 2.75) is 44.2 Å². The second kappa shape index (κ2) is 5.39. The lowest BCUT2D eigenvalue weighted by atomic mass is 9.71. The highest BCUT2D eigenvalue weighted by Crippen LogP contribution is 2.39. The number of likely N-dealkylation sites (tertiary alicyclic amines) is 1. The van der Waals surface area contributed by atoms with Gasteiger partial charge in [0.25, 0.3) is 0 Å². The summed E-state index contributed by atoms with van der Waals surface area (Å²) in [5, 5.41) is 11.3. The second-order valence-electron chi connectivity index (χ2n) is 6.00. The number of nitrogens with zero attached hydrogens (tertiary/aromatic N) is 2. The van der Waals surface area contributed by atoms with E-state index in [1.165, 1.54) is 19.3 Å². The van der Waals surface area contributed by atoms with Gasteiger partial charge in [-0.15, -0.1) is 0 Å². The highest BCUT2D eigenvalue weighted by Gasteiger charge is 2.42. The molecule has 2 atom stereocenters. The first kappa shape index (κ1) is 13.3. The smallest absolute Gasteiger partial charge is 0.0700 e. The normalized spacial score (nSPS) is 32.0. The van der Waals surface area contributed by atoms with Crippen molar-refractivity contribution in [1.29, 1.82) is 0 Å². The van der Waals surface area contributed by atoms with Gasteiger partial charge in [0.2, 0.25) is 0 Å². The lowest BCUT2D eigenvalue weighted by Crippen LogP contribution is -2.53. The van der Waals surface area contributed by atoms with Gasteiger partial charge < -0.3 is 5.11 Å². The third kappa shape index (κ3) is 2.93. The molecule has 1 saturated heterocycles. The highest BCUT2D eigenvalue weighted by atomic mass is 35.5. The van der Waals surface area contributed by atoms with E-state index >= 15 is 0 Å². The van der Waals surface area contributed by atoms with Gasteiger partial charge in [-0.25, -0.2) is 0 Å². The summed E-state index contributed by atoms with van der Waals surface area (Å²) in [6, 6.07) is 3.88. The van der Waals surface area contributed by atoms with Crippen LogP contribution < -0.4 is 0 Å². The fourth-order valence-corrected chi connectivity index (χ4v) is 3.62. The fourth-order valence-electron chi connectivity index (χ4n) is 3.51. The van der Waals surface area contributed by atoms with Crippen LogP contribution in [-0.4, -0.2) is 33.7 Å². The third-order valence-corrected chi connectivity index (χ3v) is 4.91. The molecule has 0 bridgehead atoms. The molecule has 1 aliphatic carbocycles. The van der Waals surface area contributed by atoms with Crippen LogP contribution in [0.5, 0.6) is 0 Å². The van der Waals surface area contributed by atoms with E-state index in [0.717, 1.165) is 38.2 Å². The fraction of sp³-hybridized carbons (Fsp3) is 0.667. The summed E-state index contributed by atoms with van der Waals surface area (Å²) in [5.41, 5.74) is 0.674. The molecule has 2 fully saturated rings. The quantitative estimate of drug-likeness (QED) is 0.905. The largest absolute Gasteiger partial charge is 0.390 e. The maximum Gasteiger partial charge on any atom is 0.0700 e. The van der Waals surface area contributed by atoms with E-state index in [-0.39, 0.29) is 5.60 Å². The van der Waals surface area contributed by atoms with Crippen molar-refractivity contribution in [3.8, 4) is 0 Å². The van der Waals surface area contributed by atoms with Crippen LogP contribution >= 0.6 is 11.6 Å². The lowest BCUT2D eigenvalue weighted by molar-refractivity contribution is -0.0969. The predicted molar refractivity (Wildman–Crippen MR) is 76.0 cm³/mol. The Morgan fingerprint density at radius 1 is 1.37 bits per heavy atom. The van der Waals surface area contributed by atoms with E-state index in [1.807, 2.05) is 12.1 Å². The van der Waals surface area contributed by atoms with Crippen molar-refractivity contribution < 1.29 is 5.11 Å². The number of rotatable bonds is 2.